The van der Waals surface area contributed by atoms with Gasteiger partial charge in [-0.2, -0.15) is 10.5 Å². The van der Waals surface area contributed by atoms with E-state index in [4.69, 9.17) is 20.0 Å². The first-order valence-electron chi connectivity index (χ1n) is 8.59. The quantitative estimate of drug-likeness (QED) is 0.684. The van der Waals surface area contributed by atoms with Gasteiger partial charge in [0.05, 0.1) is 25.0 Å². The average molecular weight is 366 g/mol. The Bertz CT molecular complexity index is 499. The Morgan fingerprint density at radius 2 is 1.04 bits per heavy atom. The molecule has 0 aromatic rings. The van der Waals surface area contributed by atoms with E-state index >= 15 is 0 Å². The maximum atomic E-state index is 12.3. The first-order chi connectivity index (χ1) is 11.9. The maximum absolute atomic E-state index is 12.3. The van der Waals surface area contributed by atoms with Crippen LogP contribution < -0.4 is 0 Å². The summed E-state index contributed by atoms with van der Waals surface area (Å²) in [6.45, 7) is 11.3. The lowest BCUT2D eigenvalue weighted by Crippen LogP contribution is -2.45. The second-order valence-corrected chi connectivity index (χ2v) is 7.75. The van der Waals surface area contributed by atoms with Crippen LogP contribution in [0.15, 0.2) is 0 Å². The summed E-state index contributed by atoms with van der Waals surface area (Å²) in [5.41, 5.74) is -1.32. The molecule has 0 N–H and O–H groups in total. The number of hydrogen-bond acceptors (Lipinski definition) is 6. The Labute approximate surface area is 156 Å². The maximum Gasteiger partial charge on any atom is 0.410 e. The van der Waals surface area contributed by atoms with Crippen molar-refractivity contribution < 1.29 is 19.1 Å². The minimum Gasteiger partial charge on any atom is -0.444 e. The summed E-state index contributed by atoms with van der Waals surface area (Å²) < 4.78 is 10.7. The summed E-state index contributed by atoms with van der Waals surface area (Å²) in [6.07, 6.45) is -0.775. The van der Waals surface area contributed by atoms with Crippen LogP contribution in [-0.4, -0.2) is 59.4 Å². The molecule has 0 aliphatic carbocycles. The Hall–Kier alpha value is -2.48. The smallest absolute Gasteiger partial charge is 0.410 e. The van der Waals surface area contributed by atoms with Gasteiger partial charge in [0.1, 0.15) is 11.2 Å². The molecular formula is C18H30N4O4. The van der Waals surface area contributed by atoms with E-state index in [0.717, 1.165) is 0 Å². The lowest BCUT2D eigenvalue weighted by Gasteiger charge is -2.30. The van der Waals surface area contributed by atoms with Crippen LogP contribution in [-0.2, 0) is 9.47 Å². The topological polar surface area (TPSA) is 107 Å². The lowest BCUT2D eigenvalue weighted by molar-refractivity contribution is 0.0140. The van der Waals surface area contributed by atoms with E-state index in [2.05, 4.69) is 0 Å². The molecule has 0 aromatic carbocycles. The van der Waals surface area contributed by atoms with Crippen molar-refractivity contribution in [2.75, 3.05) is 26.2 Å². The molecule has 0 spiro atoms. The van der Waals surface area contributed by atoms with Gasteiger partial charge in [0.2, 0.25) is 0 Å². The second kappa shape index (κ2) is 10.5. The van der Waals surface area contributed by atoms with Crippen molar-refractivity contribution in [1.29, 1.82) is 10.5 Å². The van der Waals surface area contributed by atoms with Crippen LogP contribution in [0.2, 0.25) is 0 Å². The van der Waals surface area contributed by atoms with Crippen molar-refractivity contribution in [1.82, 2.24) is 9.80 Å². The van der Waals surface area contributed by atoms with Crippen LogP contribution in [0.25, 0.3) is 0 Å². The molecule has 0 fully saturated rings. The first kappa shape index (κ1) is 23.5. The summed E-state index contributed by atoms with van der Waals surface area (Å²) in [5, 5.41) is 17.6. The largest absolute Gasteiger partial charge is 0.444 e. The second-order valence-electron chi connectivity index (χ2n) is 7.75. The molecule has 0 saturated heterocycles. The summed E-state index contributed by atoms with van der Waals surface area (Å²) >= 11 is 0. The van der Waals surface area contributed by atoms with Crippen molar-refractivity contribution in [3.05, 3.63) is 0 Å². The molecule has 0 unspecified atom stereocenters. The van der Waals surface area contributed by atoms with Crippen molar-refractivity contribution in [2.24, 2.45) is 0 Å². The van der Waals surface area contributed by atoms with Gasteiger partial charge in [-0.15, -0.1) is 0 Å². The molecule has 8 nitrogen and oxygen atoms in total. The van der Waals surface area contributed by atoms with Crippen LogP contribution in [0, 0.1) is 22.7 Å². The molecule has 0 saturated carbocycles. The van der Waals surface area contributed by atoms with E-state index < -0.39 is 23.4 Å². The molecule has 146 valence electrons. The minimum absolute atomic E-state index is 0.157. The molecule has 0 atom stereocenters. The number of hydrogen-bond donors (Lipinski definition) is 0. The van der Waals surface area contributed by atoms with Gasteiger partial charge in [-0.05, 0) is 41.5 Å². The molecule has 0 aromatic heterocycles. The Morgan fingerprint density at radius 1 is 0.731 bits per heavy atom. The molecule has 0 bridgehead atoms. The van der Waals surface area contributed by atoms with Gasteiger partial charge in [-0.3, -0.25) is 0 Å². The van der Waals surface area contributed by atoms with E-state index in [9.17, 15) is 9.59 Å². The SMILES string of the molecule is CC(C)(C)OC(=O)N(CCC#N)CCN(CCC#N)C(=O)OC(C)(C)C. The van der Waals surface area contributed by atoms with Gasteiger partial charge >= 0.3 is 12.2 Å². The van der Waals surface area contributed by atoms with Crippen molar-refractivity contribution in [2.45, 2.75) is 65.6 Å². The average Bonchev–Trinajstić information content (AvgIpc) is 2.46. The molecule has 8 heteroatoms. The fourth-order valence-electron chi connectivity index (χ4n) is 1.85. The summed E-state index contributed by atoms with van der Waals surface area (Å²) in [6, 6.07) is 3.99. The van der Waals surface area contributed by atoms with Gasteiger partial charge < -0.3 is 19.3 Å². The fourth-order valence-corrected chi connectivity index (χ4v) is 1.85. The molecular weight excluding hydrogens is 336 g/mol. The number of carbonyl (C=O) groups excluding carboxylic acids is 2. The first-order valence-corrected chi connectivity index (χ1v) is 8.59. The summed E-state index contributed by atoms with van der Waals surface area (Å²) in [4.78, 5) is 27.4. The summed E-state index contributed by atoms with van der Waals surface area (Å²) in [5.74, 6) is 0. The zero-order valence-electron chi connectivity index (χ0n) is 16.7. The standard InChI is InChI=1S/C18H30N4O4/c1-17(2,3)25-15(23)21(11-7-9-19)13-14-22(12-8-10-20)16(24)26-18(4,5)6/h7-8,11-14H2,1-6H3. The van der Waals surface area contributed by atoms with Crippen molar-refractivity contribution >= 4 is 12.2 Å². The van der Waals surface area contributed by atoms with E-state index in [-0.39, 0.29) is 39.0 Å². The van der Waals surface area contributed by atoms with Crippen LogP contribution in [0.5, 0.6) is 0 Å². The number of carbonyl (C=O) groups is 2. The highest BCUT2D eigenvalue weighted by molar-refractivity contribution is 5.69. The van der Waals surface area contributed by atoms with Gasteiger partial charge in [0.25, 0.3) is 0 Å². The van der Waals surface area contributed by atoms with E-state index in [0.29, 0.717) is 0 Å². The predicted molar refractivity (Wildman–Crippen MR) is 96.1 cm³/mol. The van der Waals surface area contributed by atoms with Crippen LogP contribution >= 0.6 is 0 Å². The molecule has 0 aliphatic heterocycles. The highest BCUT2D eigenvalue weighted by atomic mass is 16.6. The van der Waals surface area contributed by atoms with Crippen LogP contribution in [0.3, 0.4) is 0 Å². The highest BCUT2D eigenvalue weighted by Crippen LogP contribution is 2.12. The van der Waals surface area contributed by atoms with Gasteiger partial charge in [0, 0.05) is 26.2 Å². The number of amides is 2. The minimum atomic E-state index is -0.659. The third-order valence-corrected chi connectivity index (χ3v) is 2.93. The number of ether oxygens (including phenoxy) is 2. The number of nitrogens with zero attached hydrogens (tertiary/aromatic N) is 4. The van der Waals surface area contributed by atoms with Crippen LogP contribution in [0.4, 0.5) is 9.59 Å². The van der Waals surface area contributed by atoms with Crippen molar-refractivity contribution in [3.8, 4) is 12.1 Å². The molecule has 2 amide bonds. The van der Waals surface area contributed by atoms with E-state index in [1.807, 2.05) is 12.1 Å². The Morgan fingerprint density at radius 3 is 1.27 bits per heavy atom. The molecule has 26 heavy (non-hydrogen) atoms. The third-order valence-electron chi connectivity index (χ3n) is 2.93. The molecule has 0 rings (SSSR count). The zero-order valence-corrected chi connectivity index (χ0v) is 16.7. The highest BCUT2D eigenvalue weighted by Gasteiger charge is 2.25. The normalized spacial score (nSPS) is 11.1. The summed E-state index contributed by atoms with van der Waals surface area (Å²) in [7, 11) is 0. The lowest BCUT2D eigenvalue weighted by atomic mass is 10.2. The number of rotatable bonds is 7. The van der Waals surface area contributed by atoms with Gasteiger partial charge in [0.15, 0.2) is 0 Å². The Balaban J connectivity index is 5.02. The van der Waals surface area contributed by atoms with Crippen molar-refractivity contribution in [3.63, 3.8) is 0 Å². The number of nitriles is 2. The third kappa shape index (κ3) is 11.1. The fraction of sp³-hybridized carbons (Fsp3) is 0.778. The van der Waals surface area contributed by atoms with Gasteiger partial charge in [-0.1, -0.05) is 0 Å². The Kier molecular flexibility index (Phi) is 9.50. The molecule has 0 aliphatic rings. The predicted octanol–water partition coefficient (Wildman–Crippen LogP) is 3.29. The monoisotopic (exact) mass is 366 g/mol. The van der Waals surface area contributed by atoms with E-state index in [1.165, 1.54) is 9.80 Å². The van der Waals surface area contributed by atoms with Gasteiger partial charge in [-0.25, -0.2) is 9.59 Å². The zero-order chi connectivity index (χ0) is 20.4. The van der Waals surface area contributed by atoms with E-state index in [1.54, 1.807) is 41.5 Å². The molecule has 0 radical (unpaired) electrons. The van der Waals surface area contributed by atoms with Crippen LogP contribution in [0.1, 0.15) is 54.4 Å². The molecule has 0 heterocycles.